The maximum absolute atomic E-state index is 5.84. The molecule has 3 aromatic rings. The Hall–Kier alpha value is -1.97. The minimum Gasteiger partial charge on any atom is -0.397 e. The van der Waals surface area contributed by atoms with E-state index in [9.17, 15) is 0 Å². The van der Waals surface area contributed by atoms with Crippen molar-refractivity contribution in [2.75, 3.05) is 5.73 Å². The standard InChI is InChI=1S/C9H8N4/c10-7-3-5-4-12-13-8(5)6-1-2-11-9(6)7/h1-4,12-13H,10H2. The maximum atomic E-state index is 5.84. The number of rotatable bonds is 0. The van der Waals surface area contributed by atoms with Crippen molar-refractivity contribution in [2.24, 2.45) is 0 Å². The van der Waals surface area contributed by atoms with Crippen molar-refractivity contribution in [1.29, 1.82) is 0 Å². The van der Waals surface area contributed by atoms with Crippen LogP contribution in [0.4, 0.5) is 5.69 Å². The van der Waals surface area contributed by atoms with Crippen LogP contribution in [0.3, 0.4) is 0 Å². The van der Waals surface area contributed by atoms with E-state index >= 15 is 0 Å². The molecular formula is C9H8N4. The zero-order valence-corrected chi connectivity index (χ0v) is 6.83. The van der Waals surface area contributed by atoms with Crippen LogP contribution in [0.1, 0.15) is 0 Å². The number of fused-ring (bicyclic) bond motifs is 3. The molecular weight excluding hydrogens is 164 g/mol. The van der Waals surface area contributed by atoms with E-state index in [0.29, 0.717) is 0 Å². The second-order valence-corrected chi connectivity index (χ2v) is 3.05. The highest BCUT2D eigenvalue weighted by Crippen LogP contribution is 2.27. The van der Waals surface area contributed by atoms with E-state index in [2.05, 4.69) is 15.2 Å². The average molecular weight is 172 g/mol. The third kappa shape index (κ3) is 0.717. The van der Waals surface area contributed by atoms with Gasteiger partial charge in [0.2, 0.25) is 0 Å². The van der Waals surface area contributed by atoms with Crippen molar-refractivity contribution in [3.05, 3.63) is 24.5 Å². The van der Waals surface area contributed by atoms with Gasteiger partial charge in [0.05, 0.1) is 16.7 Å². The Morgan fingerprint density at radius 3 is 3.23 bits per heavy atom. The summed E-state index contributed by atoms with van der Waals surface area (Å²) < 4.78 is 0. The van der Waals surface area contributed by atoms with Crippen molar-refractivity contribution < 1.29 is 0 Å². The van der Waals surface area contributed by atoms with Crippen molar-refractivity contribution in [3.8, 4) is 0 Å². The molecule has 0 radical (unpaired) electrons. The van der Waals surface area contributed by atoms with Crippen molar-refractivity contribution in [2.45, 2.75) is 0 Å². The number of hydrogen-bond acceptors (Lipinski definition) is 2. The van der Waals surface area contributed by atoms with Gasteiger partial charge in [0.25, 0.3) is 0 Å². The summed E-state index contributed by atoms with van der Waals surface area (Å²) in [5, 5.41) is 8.14. The third-order valence-electron chi connectivity index (χ3n) is 2.27. The lowest BCUT2D eigenvalue weighted by Gasteiger charge is -1.96. The Morgan fingerprint density at radius 1 is 1.38 bits per heavy atom. The summed E-state index contributed by atoms with van der Waals surface area (Å²) in [4.78, 5) is 4.19. The number of nitrogens with one attached hydrogen (secondary N) is 2. The lowest BCUT2D eigenvalue weighted by atomic mass is 10.1. The number of nitrogens with zero attached hydrogens (tertiary/aromatic N) is 1. The van der Waals surface area contributed by atoms with E-state index in [-0.39, 0.29) is 0 Å². The number of hydrogen-bond donors (Lipinski definition) is 3. The zero-order valence-electron chi connectivity index (χ0n) is 6.83. The summed E-state index contributed by atoms with van der Waals surface area (Å²) in [6, 6.07) is 3.87. The van der Waals surface area contributed by atoms with Crippen LogP contribution in [0, 0.1) is 0 Å². The first-order valence-corrected chi connectivity index (χ1v) is 4.05. The highest BCUT2D eigenvalue weighted by atomic mass is 15.1. The van der Waals surface area contributed by atoms with Gasteiger partial charge in [-0.1, -0.05) is 0 Å². The molecule has 0 amide bonds. The molecule has 4 heteroatoms. The predicted molar refractivity (Wildman–Crippen MR) is 52.4 cm³/mol. The first-order chi connectivity index (χ1) is 6.36. The van der Waals surface area contributed by atoms with E-state index in [4.69, 9.17) is 5.73 Å². The SMILES string of the molecule is Nc1cc2c[nH][nH]c2c2ccnc12. The van der Waals surface area contributed by atoms with Gasteiger partial charge in [-0.25, -0.2) is 0 Å². The van der Waals surface area contributed by atoms with E-state index in [1.165, 1.54) is 0 Å². The van der Waals surface area contributed by atoms with E-state index in [1.54, 1.807) is 6.20 Å². The van der Waals surface area contributed by atoms with Gasteiger partial charge < -0.3 is 15.9 Å². The number of benzene rings is 1. The number of nitrogens with two attached hydrogens (primary N) is 1. The van der Waals surface area contributed by atoms with E-state index in [0.717, 1.165) is 27.5 Å². The second kappa shape index (κ2) is 2.04. The normalized spacial score (nSPS) is 11.4. The number of aromatic nitrogens is 3. The van der Waals surface area contributed by atoms with Gasteiger partial charge in [-0.3, -0.25) is 4.98 Å². The number of anilines is 1. The van der Waals surface area contributed by atoms with Crippen LogP contribution in [0.15, 0.2) is 24.5 Å². The molecule has 0 spiro atoms. The Morgan fingerprint density at radius 2 is 2.31 bits per heavy atom. The minimum atomic E-state index is 0.723. The molecule has 4 N–H and O–H groups in total. The molecule has 64 valence electrons. The third-order valence-corrected chi connectivity index (χ3v) is 2.27. The zero-order chi connectivity index (χ0) is 8.84. The molecule has 4 nitrogen and oxygen atoms in total. The Kier molecular flexibility index (Phi) is 1.02. The number of nitrogen functional groups attached to an aromatic ring is 1. The number of H-pyrrole nitrogens is 2. The first-order valence-electron chi connectivity index (χ1n) is 4.05. The molecule has 0 aliphatic carbocycles. The summed E-state index contributed by atoms with van der Waals surface area (Å²) in [6.07, 6.45) is 3.65. The summed E-state index contributed by atoms with van der Waals surface area (Å²) in [7, 11) is 0. The largest absolute Gasteiger partial charge is 0.397 e. The quantitative estimate of drug-likeness (QED) is 0.451. The monoisotopic (exact) mass is 172 g/mol. The Balaban J connectivity index is 2.70. The highest BCUT2D eigenvalue weighted by molar-refractivity contribution is 6.09. The van der Waals surface area contributed by atoms with Gasteiger partial charge in [-0.05, 0) is 12.1 Å². The second-order valence-electron chi connectivity index (χ2n) is 3.05. The molecule has 2 heterocycles. The number of aromatic amines is 2. The lowest BCUT2D eigenvalue weighted by Crippen LogP contribution is -1.86. The molecule has 0 fully saturated rings. The van der Waals surface area contributed by atoms with Crippen LogP contribution in [0.2, 0.25) is 0 Å². The molecule has 3 rings (SSSR count). The van der Waals surface area contributed by atoms with Gasteiger partial charge >= 0.3 is 0 Å². The summed E-state index contributed by atoms with van der Waals surface area (Å²) in [5.41, 5.74) is 8.48. The molecule has 0 bridgehead atoms. The first kappa shape index (κ1) is 6.54. The van der Waals surface area contributed by atoms with Gasteiger partial charge in [0.15, 0.2) is 0 Å². The molecule has 0 saturated heterocycles. The summed E-state index contributed by atoms with van der Waals surface area (Å²) in [6.45, 7) is 0. The van der Waals surface area contributed by atoms with Crippen LogP contribution >= 0.6 is 0 Å². The Bertz CT molecular complexity index is 575. The van der Waals surface area contributed by atoms with Crippen LogP contribution in [0.5, 0.6) is 0 Å². The summed E-state index contributed by atoms with van der Waals surface area (Å²) >= 11 is 0. The molecule has 0 aliphatic heterocycles. The molecule has 0 saturated carbocycles. The topological polar surface area (TPSA) is 70.5 Å². The fourth-order valence-corrected chi connectivity index (χ4v) is 1.67. The molecule has 0 unspecified atom stereocenters. The van der Waals surface area contributed by atoms with Gasteiger partial charge in [-0.2, -0.15) is 0 Å². The maximum Gasteiger partial charge on any atom is 0.0953 e. The fraction of sp³-hybridized carbons (Fsp3) is 0. The average Bonchev–Trinajstić information content (AvgIpc) is 2.66. The molecule has 13 heavy (non-hydrogen) atoms. The van der Waals surface area contributed by atoms with E-state index < -0.39 is 0 Å². The Labute approximate surface area is 73.7 Å². The smallest absolute Gasteiger partial charge is 0.0953 e. The van der Waals surface area contributed by atoms with Gasteiger partial charge in [-0.15, -0.1) is 0 Å². The highest BCUT2D eigenvalue weighted by Gasteiger charge is 2.06. The predicted octanol–water partition coefficient (Wildman–Crippen LogP) is 1.63. The van der Waals surface area contributed by atoms with Gasteiger partial charge in [0.1, 0.15) is 0 Å². The van der Waals surface area contributed by atoms with Crippen LogP contribution in [0.25, 0.3) is 21.8 Å². The molecule has 0 atom stereocenters. The minimum absolute atomic E-state index is 0.723. The molecule has 0 aliphatic rings. The van der Waals surface area contributed by atoms with Crippen LogP contribution in [-0.4, -0.2) is 15.2 Å². The lowest BCUT2D eigenvalue weighted by molar-refractivity contribution is 1.12. The molecule has 1 aromatic carbocycles. The fourth-order valence-electron chi connectivity index (χ4n) is 1.67. The van der Waals surface area contributed by atoms with Crippen molar-refractivity contribution in [1.82, 2.24) is 15.2 Å². The van der Waals surface area contributed by atoms with E-state index in [1.807, 2.05) is 18.3 Å². The molecule has 2 aromatic heterocycles. The van der Waals surface area contributed by atoms with Gasteiger partial charge in [0, 0.05) is 23.2 Å². The van der Waals surface area contributed by atoms with Crippen LogP contribution in [-0.2, 0) is 0 Å². The van der Waals surface area contributed by atoms with Crippen molar-refractivity contribution >= 4 is 27.5 Å². The van der Waals surface area contributed by atoms with Crippen LogP contribution < -0.4 is 5.73 Å². The summed E-state index contributed by atoms with van der Waals surface area (Å²) in [5.74, 6) is 0. The van der Waals surface area contributed by atoms with Crippen molar-refractivity contribution in [3.63, 3.8) is 0 Å².